The van der Waals surface area contributed by atoms with Crippen molar-refractivity contribution in [3.05, 3.63) is 5.76 Å². The molecule has 1 heterocycles. The SMILES string of the molecule is CC(C)Nc1nc(O)c(C23CC4CC(CC(O)(C4)C2)C3)o1. The van der Waals surface area contributed by atoms with Crippen LogP contribution in [0.3, 0.4) is 0 Å². The van der Waals surface area contributed by atoms with Gasteiger partial charge in [0, 0.05) is 11.5 Å². The number of nitrogens with one attached hydrogen (secondary N) is 1. The lowest BCUT2D eigenvalue weighted by atomic mass is 9.47. The molecule has 116 valence electrons. The minimum Gasteiger partial charge on any atom is -0.491 e. The van der Waals surface area contributed by atoms with Crippen molar-refractivity contribution in [3.63, 3.8) is 0 Å². The zero-order valence-electron chi connectivity index (χ0n) is 12.7. The first-order valence-corrected chi connectivity index (χ1v) is 8.07. The van der Waals surface area contributed by atoms with E-state index in [4.69, 9.17) is 4.42 Å². The van der Waals surface area contributed by atoms with Gasteiger partial charge in [-0.2, -0.15) is 4.98 Å². The summed E-state index contributed by atoms with van der Waals surface area (Å²) in [5.74, 6) is 1.71. The van der Waals surface area contributed by atoms with Gasteiger partial charge in [-0.05, 0) is 64.2 Å². The highest BCUT2D eigenvalue weighted by molar-refractivity contribution is 5.36. The standard InChI is InChI=1S/C16H24N2O3/c1-9(2)17-14-18-13(19)12(21-14)15-4-10-3-11(5-15)7-16(20,6-10)8-15/h9-11,19-20H,3-8H2,1-2H3,(H,17,18). The molecule has 0 aliphatic heterocycles. The maximum absolute atomic E-state index is 10.8. The first kappa shape index (κ1) is 13.4. The van der Waals surface area contributed by atoms with Crippen molar-refractivity contribution >= 4 is 6.01 Å². The molecule has 5 nitrogen and oxygen atoms in total. The van der Waals surface area contributed by atoms with Crippen LogP contribution in [-0.2, 0) is 5.41 Å². The van der Waals surface area contributed by atoms with Crippen LogP contribution in [0.5, 0.6) is 5.88 Å². The molecule has 3 N–H and O–H groups in total. The van der Waals surface area contributed by atoms with Crippen LogP contribution in [-0.4, -0.2) is 26.8 Å². The van der Waals surface area contributed by atoms with Gasteiger partial charge < -0.3 is 19.9 Å². The third-order valence-corrected chi connectivity index (χ3v) is 5.53. The topological polar surface area (TPSA) is 78.5 Å². The Morgan fingerprint density at radius 1 is 1.24 bits per heavy atom. The molecule has 0 radical (unpaired) electrons. The second-order valence-corrected chi connectivity index (χ2v) is 7.94. The van der Waals surface area contributed by atoms with E-state index < -0.39 is 5.60 Å². The van der Waals surface area contributed by atoms with Crippen LogP contribution in [0.25, 0.3) is 0 Å². The number of anilines is 1. The maximum atomic E-state index is 10.8. The third-order valence-electron chi connectivity index (χ3n) is 5.53. The van der Waals surface area contributed by atoms with Gasteiger partial charge in [0.15, 0.2) is 5.76 Å². The molecule has 0 saturated heterocycles. The summed E-state index contributed by atoms with van der Waals surface area (Å²) in [6.07, 6.45) is 5.77. The van der Waals surface area contributed by atoms with E-state index in [9.17, 15) is 10.2 Å². The Morgan fingerprint density at radius 3 is 2.48 bits per heavy atom. The summed E-state index contributed by atoms with van der Waals surface area (Å²) in [6, 6.07) is 0.594. The van der Waals surface area contributed by atoms with Gasteiger partial charge >= 0.3 is 0 Å². The summed E-state index contributed by atoms with van der Waals surface area (Å²) in [5.41, 5.74) is -0.776. The van der Waals surface area contributed by atoms with Gasteiger partial charge in [-0.3, -0.25) is 0 Å². The van der Waals surface area contributed by atoms with Gasteiger partial charge in [0.1, 0.15) is 0 Å². The molecule has 5 rings (SSSR count). The summed E-state index contributed by atoms with van der Waals surface area (Å²) in [5, 5.41) is 24.2. The molecule has 2 atom stereocenters. The Bertz CT molecular complexity index is 552. The van der Waals surface area contributed by atoms with Crippen LogP contribution in [0.15, 0.2) is 4.42 Å². The summed E-state index contributed by atoms with van der Waals surface area (Å²) in [4.78, 5) is 4.13. The number of aromatic hydroxyl groups is 1. The van der Waals surface area contributed by atoms with Crippen molar-refractivity contribution in [2.75, 3.05) is 5.32 Å². The molecule has 4 fully saturated rings. The van der Waals surface area contributed by atoms with Crippen molar-refractivity contribution in [1.29, 1.82) is 0 Å². The van der Waals surface area contributed by atoms with E-state index in [1.807, 2.05) is 13.8 Å². The lowest BCUT2D eigenvalue weighted by Crippen LogP contribution is -2.57. The fourth-order valence-corrected chi connectivity index (χ4v) is 5.45. The van der Waals surface area contributed by atoms with E-state index in [0.29, 0.717) is 30.0 Å². The van der Waals surface area contributed by atoms with Crippen molar-refractivity contribution in [2.45, 2.75) is 69.4 Å². The highest BCUT2D eigenvalue weighted by Gasteiger charge is 2.60. The zero-order chi connectivity index (χ0) is 14.8. The first-order valence-electron chi connectivity index (χ1n) is 8.07. The molecular formula is C16H24N2O3. The highest BCUT2D eigenvalue weighted by atomic mass is 16.4. The van der Waals surface area contributed by atoms with Crippen LogP contribution in [0.2, 0.25) is 0 Å². The van der Waals surface area contributed by atoms with E-state index in [1.54, 1.807) is 0 Å². The van der Waals surface area contributed by atoms with Gasteiger partial charge in [-0.1, -0.05) is 0 Å². The average Bonchev–Trinajstić information content (AvgIpc) is 2.66. The molecule has 2 unspecified atom stereocenters. The quantitative estimate of drug-likeness (QED) is 0.798. The normalized spacial score (nSPS) is 41.0. The second kappa shape index (κ2) is 4.15. The molecular weight excluding hydrogens is 268 g/mol. The van der Waals surface area contributed by atoms with Gasteiger partial charge in [-0.25, -0.2) is 0 Å². The van der Waals surface area contributed by atoms with Crippen LogP contribution in [0, 0.1) is 11.8 Å². The molecule has 21 heavy (non-hydrogen) atoms. The molecule has 5 heteroatoms. The Morgan fingerprint density at radius 2 is 1.90 bits per heavy atom. The fraction of sp³-hybridized carbons (Fsp3) is 0.812. The molecule has 4 bridgehead atoms. The summed E-state index contributed by atoms with van der Waals surface area (Å²) in [7, 11) is 0. The fourth-order valence-electron chi connectivity index (χ4n) is 5.45. The molecule has 1 aromatic heterocycles. The molecule has 4 aliphatic carbocycles. The van der Waals surface area contributed by atoms with E-state index in [2.05, 4.69) is 10.3 Å². The zero-order valence-corrected chi connectivity index (χ0v) is 12.7. The van der Waals surface area contributed by atoms with E-state index in [1.165, 1.54) is 6.42 Å². The predicted octanol–water partition coefficient (Wildman–Crippen LogP) is 2.78. The van der Waals surface area contributed by atoms with Crippen LogP contribution < -0.4 is 5.32 Å². The first-order chi connectivity index (χ1) is 9.87. The largest absolute Gasteiger partial charge is 0.491 e. The van der Waals surface area contributed by atoms with Crippen molar-refractivity contribution < 1.29 is 14.6 Å². The van der Waals surface area contributed by atoms with Crippen LogP contribution >= 0.6 is 0 Å². The van der Waals surface area contributed by atoms with Gasteiger partial charge in [-0.15, -0.1) is 0 Å². The van der Waals surface area contributed by atoms with Gasteiger partial charge in [0.05, 0.1) is 5.60 Å². The number of aromatic nitrogens is 1. The Hall–Kier alpha value is -1.23. The highest BCUT2D eigenvalue weighted by Crippen LogP contribution is 2.63. The molecule has 1 aromatic rings. The maximum Gasteiger partial charge on any atom is 0.298 e. The van der Waals surface area contributed by atoms with Crippen LogP contribution in [0.4, 0.5) is 6.01 Å². The lowest BCUT2D eigenvalue weighted by molar-refractivity contribution is -0.141. The predicted molar refractivity (Wildman–Crippen MR) is 78.2 cm³/mol. The summed E-state index contributed by atoms with van der Waals surface area (Å²) in [6.45, 7) is 4.02. The number of nitrogens with zero attached hydrogens (tertiary/aromatic N) is 1. The molecule has 4 saturated carbocycles. The minimum absolute atomic E-state index is 0.00343. The monoisotopic (exact) mass is 292 g/mol. The van der Waals surface area contributed by atoms with Gasteiger partial charge in [0.2, 0.25) is 0 Å². The van der Waals surface area contributed by atoms with Crippen molar-refractivity contribution in [1.82, 2.24) is 4.98 Å². The average molecular weight is 292 g/mol. The summed E-state index contributed by atoms with van der Waals surface area (Å²) >= 11 is 0. The van der Waals surface area contributed by atoms with E-state index >= 15 is 0 Å². The molecule has 0 spiro atoms. The number of oxazole rings is 1. The number of hydrogen-bond donors (Lipinski definition) is 3. The minimum atomic E-state index is -0.561. The van der Waals surface area contributed by atoms with Gasteiger partial charge in [0.25, 0.3) is 11.9 Å². The molecule has 0 amide bonds. The third kappa shape index (κ3) is 2.05. The molecule has 4 aliphatic rings. The van der Waals surface area contributed by atoms with E-state index in [-0.39, 0.29) is 17.3 Å². The number of aliphatic hydroxyl groups is 1. The Balaban J connectivity index is 1.71. The molecule has 0 aromatic carbocycles. The summed E-state index contributed by atoms with van der Waals surface area (Å²) < 4.78 is 5.87. The smallest absolute Gasteiger partial charge is 0.298 e. The van der Waals surface area contributed by atoms with Crippen molar-refractivity contribution in [3.8, 4) is 5.88 Å². The van der Waals surface area contributed by atoms with Crippen LogP contribution in [0.1, 0.15) is 58.1 Å². The Labute approximate surface area is 124 Å². The Kier molecular flexibility index (Phi) is 2.66. The second-order valence-electron chi connectivity index (χ2n) is 7.94. The number of rotatable bonds is 3. The van der Waals surface area contributed by atoms with Crippen molar-refractivity contribution in [2.24, 2.45) is 11.8 Å². The number of hydrogen-bond acceptors (Lipinski definition) is 5. The van der Waals surface area contributed by atoms with E-state index in [0.717, 1.165) is 25.7 Å². The lowest BCUT2D eigenvalue weighted by Gasteiger charge is -2.59.